The lowest BCUT2D eigenvalue weighted by atomic mass is 10.0. The molecule has 0 heterocycles. The van der Waals surface area contributed by atoms with E-state index >= 15 is 0 Å². The molecular formula is C15H20O3S. The van der Waals surface area contributed by atoms with Crippen LogP contribution in [0, 0.1) is 6.92 Å². The molecule has 0 unspecified atom stereocenters. The van der Waals surface area contributed by atoms with E-state index in [1.807, 2.05) is 31.2 Å². The maximum Gasteiger partial charge on any atom is 0.311 e. The summed E-state index contributed by atoms with van der Waals surface area (Å²) < 4.78 is 28.9. The van der Waals surface area contributed by atoms with Crippen LogP contribution in [0.15, 0.2) is 30.5 Å². The Morgan fingerprint density at radius 1 is 1.11 bits per heavy atom. The Kier molecular flexibility index (Phi) is 4.64. The minimum Gasteiger partial charge on any atom is -0.390 e. The van der Waals surface area contributed by atoms with Crippen LogP contribution in [0.4, 0.5) is 0 Å². The topological polar surface area (TPSA) is 43.4 Å². The van der Waals surface area contributed by atoms with E-state index in [0.29, 0.717) is 0 Å². The van der Waals surface area contributed by atoms with Crippen LogP contribution in [0.1, 0.15) is 43.2 Å². The standard InChI is InChI=1S/C15H20O3S/c1-13-7-9-14(10-8-13)11-12-18-19(16,17)15-5-3-2-4-6-15/h7-12,15H,2-6H2,1H3. The zero-order valence-electron chi connectivity index (χ0n) is 11.2. The monoisotopic (exact) mass is 280 g/mol. The van der Waals surface area contributed by atoms with Crippen LogP contribution in [0.25, 0.3) is 6.08 Å². The van der Waals surface area contributed by atoms with Gasteiger partial charge in [-0.1, -0.05) is 49.1 Å². The second-order valence-corrected chi connectivity index (χ2v) is 6.91. The molecular weight excluding hydrogens is 260 g/mol. The Labute approximate surface area is 115 Å². The summed E-state index contributed by atoms with van der Waals surface area (Å²) in [6.07, 6.45) is 7.50. The van der Waals surface area contributed by atoms with E-state index in [1.165, 1.54) is 11.8 Å². The molecule has 19 heavy (non-hydrogen) atoms. The van der Waals surface area contributed by atoms with Crippen molar-refractivity contribution in [2.45, 2.75) is 44.3 Å². The quantitative estimate of drug-likeness (QED) is 0.624. The third kappa shape index (κ3) is 4.10. The van der Waals surface area contributed by atoms with Gasteiger partial charge < -0.3 is 4.18 Å². The molecule has 1 fully saturated rings. The fourth-order valence-corrected chi connectivity index (χ4v) is 3.57. The number of hydrogen-bond donors (Lipinski definition) is 0. The van der Waals surface area contributed by atoms with Crippen molar-refractivity contribution in [1.29, 1.82) is 0 Å². The molecule has 0 bridgehead atoms. The van der Waals surface area contributed by atoms with E-state index in [-0.39, 0.29) is 5.25 Å². The number of hydrogen-bond acceptors (Lipinski definition) is 3. The summed E-state index contributed by atoms with van der Waals surface area (Å²) in [5.41, 5.74) is 2.11. The fraction of sp³-hybridized carbons (Fsp3) is 0.467. The number of benzene rings is 1. The first-order valence-corrected chi connectivity index (χ1v) is 8.20. The summed E-state index contributed by atoms with van der Waals surface area (Å²) in [5, 5.41) is -0.330. The van der Waals surface area contributed by atoms with Crippen molar-refractivity contribution in [2.24, 2.45) is 0 Å². The third-order valence-electron chi connectivity index (χ3n) is 3.49. The van der Waals surface area contributed by atoms with Crippen LogP contribution in [0.2, 0.25) is 0 Å². The van der Waals surface area contributed by atoms with E-state index in [2.05, 4.69) is 0 Å². The van der Waals surface area contributed by atoms with Crippen molar-refractivity contribution in [1.82, 2.24) is 0 Å². The molecule has 0 saturated heterocycles. The van der Waals surface area contributed by atoms with Crippen LogP contribution in [0.5, 0.6) is 0 Å². The lowest BCUT2D eigenvalue weighted by molar-refractivity contribution is 0.403. The molecule has 1 aliphatic carbocycles. The Bertz CT molecular complexity index is 523. The second-order valence-electron chi connectivity index (χ2n) is 5.06. The highest BCUT2D eigenvalue weighted by Gasteiger charge is 2.27. The average Bonchev–Trinajstić information content (AvgIpc) is 2.42. The fourth-order valence-electron chi connectivity index (χ4n) is 2.29. The highest BCUT2D eigenvalue weighted by atomic mass is 32.2. The summed E-state index contributed by atoms with van der Waals surface area (Å²) in [4.78, 5) is 0. The van der Waals surface area contributed by atoms with Gasteiger partial charge in [-0.25, -0.2) is 0 Å². The Morgan fingerprint density at radius 2 is 1.74 bits per heavy atom. The van der Waals surface area contributed by atoms with E-state index in [1.54, 1.807) is 6.08 Å². The largest absolute Gasteiger partial charge is 0.390 e. The molecule has 0 spiro atoms. The maximum absolute atomic E-state index is 12.0. The molecule has 0 radical (unpaired) electrons. The lowest BCUT2D eigenvalue weighted by Gasteiger charge is -2.20. The molecule has 1 aliphatic rings. The number of rotatable bonds is 4. The van der Waals surface area contributed by atoms with Gasteiger partial charge in [0.2, 0.25) is 0 Å². The van der Waals surface area contributed by atoms with Gasteiger partial charge in [-0.3, -0.25) is 0 Å². The number of aryl methyl sites for hydroxylation is 1. The zero-order valence-corrected chi connectivity index (χ0v) is 12.0. The molecule has 3 nitrogen and oxygen atoms in total. The normalized spacial score (nSPS) is 17.7. The second kappa shape index (κ2) is 6.24. The highest BCUT2D eigenvalue weighted by molar-refractivity contribution is 7.87. The van der Waals surface area contributed by atoms with Crippen LogP contribution >= 0.6 is 0 Å². The van der Waals surface area contributed by atoms with Gasteiger partial charge in [0.1, 0.15) is 6.26 Å². The van der Waals surface area contributed by atoms with Gasteiger partial charge in [-0.15, -0.1) is 0 Å². The SMILES string of the molecule is Cc1ccc(C=COS(=O)(=O)C2CCCCC2)cc1. The van der Waals surface area contributed by atoms with E-state index in [9.17, 15) is 8.42 Å². The summed E-state index contributed by atoms with van der Waals surface area (Å²) in [6.45, 7) is 2.01. The Balaban J connectivity index is 1.95. The van der Waals surface area contributed by atoms with Gasteiger partial charge in [0.15, 0.2) is 0 Å². The van der Waals surface area contributed by atoms with Crippen molar-refractivity contribution in [2.75, 3.05) is 0 Å². The maximum atomic E-state index is 12.0. The van der Waals surface area contributed by atoms with Gasteiger partial charge in [0.05, 0.1) is 5.25 Å². The zero-order chi connectivity index (χ0) is 13.7. The average molecular weight is 280 g/mol. The van der Waals surface area contributed by atoms with E-state index in [4.69, 9.17) is 4.18 Å². The van der Waals surface area contributed by atoms with Crippen LogP contribution in [-0.2, 0) is 14.3 Å². The third-order valence-corrected chi connectivity index (χ3v) is 5.16. The molecule has 1 saturated carbocycles. The smallest absolute Gasteiger partial charge is 0.311 e. The van der Waals surface area contributed by atoms with Crippen molar-refractivity contribution >= 4 is 16.2 Å². The first-order chi connectivity index (χ1) is 9.08. The molecule has 1 aromatic carbocycles. The molecule has 0 amide bonds. The first kappa shape index (κ1) is 14.1. The minimum absolute atomic E-state index is 0.330. The van der Waals surface area contributed by atoms with Crippen LogP contribution in [0.3, 0.4) is 0 Å². The highest BCUT2D eigenvalue weighted by Crippen LogP contribution is 2.24. The molecule has 0 atom stereocenters. The molecule has 0 aromatic heterocycles. The van der Waals surface area contributed by atoms with E-state index < -0.39 is 10.1 Å². The lowest BCUT2D eigenvalue weighted by Crippen LogP contribution is -2.24. The minimum atomic E-state index is -3.45. The Morgan fingerprint density at radius 3 is 2.37 bits per heavy atom. The van der Waals surface area contributed by atoms with Crippen molar-refractivity contribution in [3.63, 3.8) is 0 Å². The van der Waals surface area contributed by atoms with Crippen LogP contribution in [-0.4, -0.2) is 13.7 Å². The molecule has 0 aliphatic heterocycles. The summed E-state index contributed by atoms with van der Waals surface area (Å²) >= 11 is 0. The van der Waals surface area contributed by atoms with Crippen molar-refractivity contribution in [3.05, 3.63) is 41.7 Å². The summed E-state index contributed by atoms with van der Waals surface area (Å²) in [7, 11) is -3.45. The predicted octanol–water partition coefficient (Wildman–Crippen LogP) is 3.64. The predicted molar refractivity (Wildman–Crippen MR) is 77.1 cm³/mol. The molecule has 1 aromatic rings. The first-order valence-electron chi connectivity index (χ1n) is 6.73. The van der Waals surface area contributed by atoms with Gasteiger partial charge in [-0.2, -0.15) is 8.42 Å². The summed E-state index contributed by atoms with van der Waals surface area (Å²) in [6, 6.07) is 7.83. The van der Waals surface area contributed by atoms with Gasteiger partial charge in [0, 0.05) is 0 Å². The molecule has 2 rings (SSSR count). The summed E-state index contributed by atoms with van der Waals surface area (Å²) in [5.74, 6) is 0. The van der Waals surface area contributed by atoms with E-state index in [0.717, 1.165) is 37.7 Å². The molecule has 0 N–H and O–H groups in total. The van der Waals surface area contributed by atoms with Crippen molar-refractivity contribution < 1.29 is 12.6 Å². The van der Waals surface area contributed by atoms with Crippen LogP contribution < -0.4 is 0 Å². The van der Waals surface area contributed by atoms with Crippen molar-refractivity contribution in [3.8, 4) is 0 Å². The molecule has 104 valence electrons. The van der Waals surface area contributed by atoms with Gasteiger partial charge in [-0.05, 0) is 31.4 Å². The Hall–Kier alpha value is -1.29. The molecule has 4 heteroatoms. The van der Waals surface area contributed by atoms with Gasteiger partial charge >= 0.3 is 10.1 Å². The van der Waals surface area contributed by atoms with Gasteiger partial charge in [0.25, 0.3) is 0 Å².